The average molecular weight is 762 g/mol. The molecule has 0 spiro atoms. The SMILES string of the molecule is CCCCC(N/C(=C\C(C)c1cccc(-c2cccc(-c3ccc4c(c3)c3cccc5oc6cccc4c6c53)c2)c1)c1cccc(-c2ccccc2)c1)c1ccccc1. The molecule has 9 aromatic carbocycles. The number of nitrogens with one attached hydrogen (secondary N) is 1. The van der Waals surface area contributed by atoms with E-state index in [1.54, 1.807) is 0 Å². The van der Waals surface area contributed by atoms with Crippen LogP contribution in [0.15, 0.2) is 199 Å². The predicted octanol–water partition coefficient (Wildman–Crippen LogP) is 16.0. The second-order valence-electron chi connectivity index (χ2n) is 16.0. The molecule has 286 valence electrons. The van der Waals surface area contributed by atoms with Crippen molar-refractivity contribution in [3.05, 3.63) is 211 Å². The minimum atomic E-state index is 0.157. The summed E-state index contributed by atoms with van der Waals surface area (Å²) in [6, 6.07) is 68.7. The van der Waals surface area contributed by atoms with E-state index in [1.807, 2.05) is 0 Å². The molecule has 2 nitrogen and oxygen atoms in total. The van der Waals surface area contributed by atoms with Crippen molar-refractivity contribution in [2.24, 2.45) is 0 Å². The summed E-state index contributed by atoms with van der Waals surface area (Å²) >= 11 is 0. The number of rotatable bonds is 12. The van der Waals surface area contributed by atoms with Gasteiger partial charge in [-0.05, 0) is 108 Å². The molecule has 0 fully saturated rings. The molecule has 2 unspecified atom stereocenters. The first-order valence-electron chi connectivity index (χ1n) is 21.1. The molecule has 0 saturated carbocycles. The summed E-state index contributed by atoms with van der Waals surface area (Å²) < 4.78 is 6.30. The lowest BCUT2D eigenvalue weighted by Crippen LogP contribution is -2.21. The number of allylic oxidation sites excluding steroid dienone is 1. The summed E-state index contributed by atoms with van der Waals surface area (Å²) in [5.41, 5.74) is 14.1. The second kappa shape index (κ2) is 15.8. The third-order valence-electron chi connectivity index (χ3n) is 12.1. The van der Waals surface area contributed by atoms with Crippen molar-refractivity contribution < 1.29 is 4.42 Å². The normalized spacial score (nSPS) is 13.1. The molecule has 10 rings (SSSR count). The van der Waals surface area contributed by atoms with E-state index in [-0.39, 0.29) is 12.0 Å². The number of furan rings is 1. The first-order valence-corrected chi connectivity index (χ1v) is 21.1. The average Bonchev–Trinajstić information content (AvgIpc) is 3.70. The van der Waals surface area contributed by atoms with E-state index < -0.39 is 0 Å². The molecular formula is C57H47NO. The van der Waals surface area contributed by atoms with Gasteiger partial charge in [-0.1, -0.05) is 190 Å². The number of hydrogen-bond donors (Lipinski definition) is 1. The highest BCUT2D eigenvalue weighted by Gasteiger charge is 2.19. The molecule has 0 amide bonds. The fraction of sp³-hybridized carbons (Fsp3) is 0.123. The van der Waals surface area contributed by atoms with Gasteiger partial charge in [0.25, 0.3) is 0 Å². The van der Waals surface area contributed by atoms with Gasteiger partial charge in [-0.15, -0.1) is 0 Å². The van der Waals surface area contributed by atoms with E-state index in [0.717, 1.165) is 36.1 Å². The van der Waals surface area contributed by atoms with E-state index in [1.165, 1.54) is 82.4 Å². The molecule has 0 aliphatic heterocycles. The maximum absolute atomic E-state index is 6.30. The molecular weight excluding hydrogens is 715 g/mol. The topological polar surface area (TPSA) is 25.2 Å². The number of benzene rings is 9. The van der Waals surface area contributed by atoms with Crippen LogP contribution in [0.2, 0.25) is 0 Å². The van der Waals surface area contributed by atoms with Crippen molar-refractivity contribution in [2.45, 2.75) is 45.1 Å². The van der Waals surface area contributed by atoms with Crippen LogP contribution < -0.4 is 5.32 Å². The zero-order chi connectivity index (χ0) is 39.7. The van der Waals surface area contributed by atoms with Crippen LogP contribution in [0.4, 0.5) is 0 Å². The maximum atomic E-state index is 6.30. The van der Waals surface area contributed by atoms with Crippen molar-refractivity contribution in [2.75, 3.05) is 0 Å². The van der Waals surface area contributed by atoms with Crippen LogP contribution in [-0.2, 0) is 0 Å². The van der Waals surface area contributed by atoms with Gasteiger partial charge in [-0.25, -0.2) is 0 Å². The van der Waals surface area contributed by atoms with Crippen LogP contribution in [0.5, 0.6) is 0 Å². The highest BCUT2D eigenvalue weighted by molar-refractivity contribution is 6.33. The Labute approximate surface area is 346 Å². The van der Waals surface area contributed by atoms with Crippen LogP contribution in [-0.4, -0.2) is 0 Å². The first-order chi connectivity index (χ1) is 29.1. The van der Waals surface area contributed by atoms with Gasteiger partial charge in [0.2, 0.25) is 0 Å². The lowest BCUT2D eigenvalue weighted by Gasteiger charge is -2.24. The molecule has 1 heterocycles. The van der Waals surface area contributed by atoms with Crippen molar-refractivity contribution in [1.82, 2.24) is 5.32 Å². The fourth-order valence-corrected chi connectivity index (χ4v) is 9.05. The van der Waals surface area contributed by atoms with Gasteiger partial charge in [0, 0.05) is 22.4 Å². The Kier molecular flexibility index (Phi) is 9.76. The van der Waals surface area contributed by atoms with Gasteiger partial charge in [-0.3, -0.25) is 0 Å². The molecule has 0 aliphatic carbocycles. The van der Waals surface area contributed by atoms with Gasteiger partial charge in [0.1, 0.15) is 11.2 Å². The Morgan fingerprint density at radius 3 is 1.76 bits per heavy atom. The van der Waals surface area contributed by atoms with Gasteiger partial charge < -0.3 is 9.73 Å². The zero-order valence-electron chi connectivity index (χ0n) is 33.7. The Balaban J connectivity index is 1.00. The molecule has 10 aromatic rings. The minimum absolute atomic E-state index is 0.157. The Hall–Kier alpha value is -6.90. The summed E-state index contributed by atoms with van der Waals surface area (Å²) in [7, 11) is 0. The van der Waals surface area contributed by atoms with E-state index in [9.17, 15) is 0 Å². The van der Waals surface area contributed by atoms with Crippen LogP contribution >= 0.6 is 0 Å². The van der Waals surface area contributed by atoms with E-state index in [4.69, 9.17) is 4.42 Å². The molecule has 0 saturated heterocycles. The van der Waals surface area contributed by atoms with Crippen molar-refractivity contribution in [3.63, 3.8) is 0 Å². The molecule has 0 bridgehead atoms. The molecule has 1 N–H and O–H groups in total. The summed E-state index contributed by atoms with van der Waals surface area (Å²) in [5, 5.41) is 11.5. The molecule has 2 heteroatoms. The minimum Gasteiger partial charge on any atom is -0.456 e. The molecule has 2 atom stereocenters. The van der Waals surface area contributed by atoms with Gasteiger partial charge in [0.15, 0.2) is 0 Å². The van der Waals surface area contributed by atoms with E-state index >= 15 is 0 Å². The zero-order valence-corrected chi connectivity index (χ0v) is 33.7. The molecule has 1 aromatic heterocycles. The third-order valence-corrected chi connectivity index (χ3v) is 12.1. The predicted molar refractivity (Wildman–Crippen MR) is 251 cm³/mol. The molecule has 0 aliphatic rings. The first kappa shape index (κ1) is 36.4. The summed E-state index contributed by atoms with van der Waals surface area (Å²) in [5.74, 6) is 0.157. The van der Waals surface area contributed by atoms with Gasteiger partial charge >= 0.3 is 0 Å². The highest BCUT2D eigenvalue weighted by atomic mass is 16.3. The lowest BCUT2D eigenvalue weighted by molar-refractivity contribution is 0.548. The second-order valence-corrected chi connectivity index (χ2v) is 16.0. The Morgan fingerprint density at radius 2 is 1.05 bits per heavy atom. The third kappa shape index (κ3) is 7.06. The fourth-order valence-electron chi connectivity index (χ4n) is 9.05. The Morgan fingerprint density at radius 1 is 0.492 bits per heavy atom. The number of fused-ring (bicyclic) bond motifs is 3. The van der Waals surface area contributed by atoms with Crippen molar-refractivity contribution in [1.29, 1.82) is 0 Å². The van der Waals surface area contributed by atoms with Crippen molar-refractivity contribution >= 4 is 49.2 Å². The number of hydrogen-bond acceptors (Lipinski definition) is 2. The maximum Gasteiger partial charge on any atom is 0.136 e. The summed E-state index contributed by atoms with van der Waals surface area (Å²) in [4.78, 5) is 0. The van der Waals surface area contributed by atoms with E-state index in [0.29, 0.717) is 0 Å². The standard InChI is InChI=1S/C57H47NO/c1-3-4-28-52(40-18-9-6-10-19-40)58-53(47-25-13-21-42(36-47)39-16-7-5-8-17-39)33-38(2)41-20-11-22-43(34-41)44-23-12-24-45(35-44)46-31-32-48-49-26-14-29-54-56(49)57-50(51(48)37-46)27-15-30-55(57)59-54/h5-27,29-38,52,58H,3-4,28H2,1-2H3/b53-33-. The summed E-state index contributed by atoms with van der Waals surface area (Å²) in [6.45, 7) is 4.60. The largest absolute Gasteiger partial charge is 0.456 e. The quantitative estimate of drug-likeness (QED) is 0.125. The van der Waals surface area contributed by atoms with Crippen molar-refractivity contribution in [3.8, 4) is 33.4 Å². The lowest BCUT2D eigenvalue weighted by atomic mass is 9.91. The van der Waals surface area contributed by atoms with Crippen LogP contribution in [0.1, 0.15) is 61.8 Å². The Bertz CT molecular complexity index is 3080. The molecule has 59 heavy (non-hydrogen) atoms. The van der Waals surface area contributed by atoms with Crippen LogP contribution in [0, 0.1) is 0 Å². The summed E-state index contributed by atoms with van der Waals surface area (Å²) in [6.07, 6.45) is 5.81. The molecule has 0 radical (unpaired) electrons. The smallest absolute Gasteiger partial charge is 0.136 e. The van der Waals surface area contributed by atoms with Crippen LogP contribution in [0.25, 0.3) is 82.6 Å². The highest BCUT2D eigenvalue weighted by Crippen LogP contribution is 2.43. The van der Waals surface area contributed by atoms with Crippen LogP contribution in [0.3, 0.4) is 0 Å². The van der Waals surface area contributed by atoms with Gasteiger partial charge in [-0.2, -0.15) is 0 Å². The number of unbranched alkanes of at least 4 members (excludes halogenated alkanes) is 1. The van der Waals surface area contributed by atoms with E-state index in [2.05, 4.69) is 213 Å². The monoisotopic (exact) mass is 761 g/mol. The van der Waals surface area contributed by atoms with Gasteiger partial charge in [0.05, 0.1) is 6.04 Å².